The summed E-state index contributed by atoms with van der Waals surface area (Å²) in [5, 5.41) is 10.4. The van der Waals surface area contributed by atoms with Crippen molar-refractivity contribution < 1.29 is 9.84 Å². The summed E-state index contributed by atoms with van der Waals surface area (Å²) in [5.74, 6) is 0.753. The first kappa shape index (κ1) is 13.9. The Morgan fingerprint density at radius 2 is 1.95 bits per heavy atom. The number of hydrogen-bond acceptors (Lipinski definition) is 3. The van der Waals surface area contributed by atoms with Crippen LogP contribution in [-0.4, -0.2) is 16.8 Å². The molecular formula is C17H19NO3. The van der Waals surface area contributed by atoms with E-state index >= 15 is 0 Å². The van der Waals surface area contributed by atoms with Gasteiger partial charge in [-0.05, 0) is 42.5 Å². The molecule has 4 nitrogen and oxygen atoms in total. The number of aliphatic hydroxyl groups is 1. The van der Waals surface area contributed by atoms with Gasteiger partial charge in [0.15, 0.2) is 0 Å². The normalized spacial score (nSPS) is 14.8. The Bertz CT molecular complexity index is 688. The van der Waals surface area contributed by atoms with Gasteiger partial charge in [0.25, 0.3) is 5.56 Å². The minimum absolute atomic E-state index is 0.0387. The van der Waals surface area contributed by atoms with E-state index in [1.807, 2.05) is 30.3 Å². The molecule has 1 unspecified atom stereocenters. The topological polar surface area (TPSA) is 51.5 Å². The molecule has 0 fully saturated rings. The summed E-state index contributed by atoms with van der Waals surface area (Å²) >= 11 is 0. The van der Waals surface area contributed by atoms with Gasteiger partial charge in [-0.25, -0.2) is 0 Å². The van der Waals surface area contributed by atoms with E-state index in [4.69, 9.17) is 4.74 Å². The van der Waals surface area contributed by atoms with Crippen LogP contribution in [0.4, 0.5) is 0 Å². The van der Waals surface area contributed by atoms with Crippen LogP contribution in [-0.2, 0) is 19.4 Å². The lowest BCUT2D eigenvalue weighted by Crippen LogP contribution is -2.25. The van der Waals surface area contributed by atoms with Gasteiger partial charge < -0.3 is 14.4 Å². The number of ether oxygens (including phenoxy) is 1. The predicted molar refractivity (Wildman–Crippen MR) is 80.7 cm³/mol. The second-order valence-electron chi connectivity index (χ2n) is 5.40. The molecule has 1 aromatic carbocycles. The zero-order chi connectivity index (χ0) is 14.8. The van der Waals surface area contributed by atoms with E-state index in [9.17, 15) is 9.90 Å². The summed E-state index contributed by atoms with van der Waals surface area (Å²) in [6.07, 6.45) is 2.33. The number of aliphatic hydroxyl groups excluding tert-OH is 1. The molecule has 1 atom stereocenters. The van der Waals surface area contributed by atoms with Crippen molar-refractivity contribution in [3.8, 4) is 5.75 Å². The smallest absolute Gasteiger partial charge is 0.250 e. The van der Waals surface area contributed by atoms with Gasteiger partial charge in [0.1, 0.15) is 5.75 Å². The first-order valence-electron chi connectivity index (χ1n) is 7.22. The molecule has 1 aromatic heterocycles. The van der Waals surface area contributed by atoms with Crippen LogP contribution >= 0.6 is 0 Å². The zero-order valence-corrected chi connectivity index (χ0v) is 12.1. The standard InChI is InChI=1S/C17H19NO3/c1-21-14-8-5-13(6-9-14)16(19)11-18-15-4-2-3-12(15)7-10-17(18)20/h5-10,16,19H,2-4,11H2,1H3. The summed E-state index contributed by atoms with van der Waals surface area (Å²) in [6, 6.07) is 10.8. The quantitative estimate of drug-likeness (QED) is 0.935. The Kier molecular flexibility index (Phi) is 3.80. The van der Waals surface area contributed by atoms with Gasteiger partial charge in [0.2, 0.25) is 0 Å². The highest BCUT2D eigenvalue weighted by Gasteiger charge is 2.18. The van der Waals surface area contributed by atoms with Crippen LogP contribution in [0.3, 0.4) is 0 Å². The molecule has 110 valence electrons. The molecule has 0 saturated carbocycles. The predicted octanol–water partition coefficient (Wildman–Crippen LogP) is 2.08. The second kappa shape index (κ2) is 5.74. The van der Waals surface area contributed by atoms with Gasteiger partial charge in [0.05, 0.1) is 19.8 Å². The molecule has 1 aliphatic carbocycles. The van der Waals surface area contributed by atoms with Crippen molar-refractivity contribution in [1.82, 2.24) is 4.57 Å². The van der Waals surface area contributed by atoms with E-state index in [1.165, 1.54) is 5.56 Å². The first-order valence-corrected chi connectivity index (χ1v) is 7.22. The van der Waals surface area contributed by atoms with Crippen LogP contribution in [0.15, 0.2) is 41.2 Å². The molecule has 2 aromatic rings. The second-order valence-corrected chi connectivity index (χ2v) is 5.40. The largest absolute Gasteiger partial charge is 0.497 e. The SMILES string of the molecule is COc1ccc(C(O)Cn2c3c(ccc2=O)CCC3)cc1. The van der Waals surface area contributed by atoms with Crippen molar-refractivity contribution in [3.63, 3.8) is 0 Å². The van der Waals surface area contributed by atoms with Gasteiger partial charge in [-0.3, -0.25) is 4.79 Å². The summed E-state index contributed by atoms with van der Waals surface area (Å²) in [7, 11) is 1.61. The van der Waals surface area contributed by atoms with Gasteiger partial charge in [0, 0.05) is 11.8 Å². The lowest BCUT2D eigenvalue weighted by atomic mass is 10.1. The number of nitrogens with zero attached hydrogens (tertiary/aromatic N) is 1. The van der Waals surface area contributed by atoms with Crippen LogP contribution in [0, 0.1) is 0 Å². The van der Waals surface area contributed by atoms with Gasteiger partial charge in [-0.15, -0.1) is 0 Å². The summed E-state index contributed by atoms with van der Waals surface area (Å²) in [4.78, 5) is 12.1. The van der Waals surface area contributed by atoms with E-state index in [1.54, 1.807) is 17.7 Å². The maximum atomic E-state index is 12.1. The summed E-state index contributed by atoms with van der Waals surface area (Å²) in [5.41, 5.74) is 3.06. The van der Waals surface area contributed by atoms with E-state index < -0.39 is 6.10 Å². The van der Waals surface area contributed by atoms with Crippen LogP contribution < -0.4 is 10.3 Å². The van der Waals surface area contributed by atoms with Crippen molar-refractivity contribution in [2.75, 3.05) is 7.11 Å². The minimum atomic E-state index is -0.694. The number of benzene rings is 1. The lowest BCUT2D eigenvalue weighted by Gasteiger charge is -2.17. The molecule has 0 radical (unpaired) electrons. The van der Waals surface area contributed by atoms with Crippen LogP contribution in [0.2, 0.25) is 0 Å². The number of hydrogen-bond donors (Lipinski definition) is 1. The Morgan fingerprint density at radius 1 is 1.19 bits per heavy atom. The molecule has 0 saturated heterocycles. The molecule has 0 aliphatic heterocycles. The maximum Gasteiger partial charge on any atom is 0.250 e. The summed E-state index contributed by atoms with van der Waals surface area (Å²) in [6.45, 7) is 0.300. The Balaban J connectivity index is 1.86. The van der Waals surface area contributed by atoms with Crippen molar-refractivity contribution in [3.05, 3.63) is 63.6 Å². The number of aromatic nitrogens is 1. The highest BCUT2D eigenvalue weighted by molar-refractivity contribution is 5.29. The van der Waals surface area contributed by atoms with E-state index in [-0.39, 0.29) is 5.56 Å². The molecule has 1 aliphatic rings. The molecular weight excluding hydrogens is 266 g/mol. The fourth-order valence-corrected chi connectivity index (χ4v) is 2.94. The lowest BCUT2D eigenvalue weighted by molar-refractivity contribution is 0.154. The van der Waals surface area contributed by atoms with Crippen molar-refractivity contribution in [1.29, 1.82) is 0 Å². The molecule has 3 rings (SSSR count). The number of pyridine rings is 1. The fourth-order valence-electron chi connectivity index (χ4n) is 2.94. The van der Waals surface area contributed by atoms with Crippen LogP contribution in [0.1, 0.15) is 29.3 Å². The molecule has 1 heterocycles. The minimum Gasteiger partial charge on any atom is -0.497 e. The number of aryl methyl sites for hydroxylation is 1. The third-order valence-corrected chi connectivity index (χ3v) is 4.11. The molecule has 1 N–H and O–H groups in total. The van der Waals surface area contributed by atoms with Gasteiger partial charge in [-0.2, -0.15) is 0 Å². The summed E-state index contributed by atoms with van der Waals surface area (Å²) < 4.78 is 6.83. The first-order chi connectivity index (χ1) is 10.2. The van der Waals surface area contributed by atoms with Crippen LogP contribution in [0.5, 0.6) is 5.75 Å². The Hall–Kier alpha value is -2.07. The van der Waals surface area contributed by atoms with Gasteiger partial charge in [-0.1, -0.05) is 18.2 Å². The van der Waals surface area contributed by atoms with Crippen LogP contribution in [0.25, 0.3) is 0 Å². The van der Waals surface area contributed by atoms with Gasteiger partial charge >= 0.3 is 0 Å². The Morgan fingerprint density at radius 3 is 2.67 bits per heavy atom. The third kappa shape index (κ3) is 2.72. The number of rotatable bonds is 4. The van der Waals surface area contributed by atoms with Crippen molar-refractivity contribution >= 4 is 0 Å². The molecule has 0 bridgehead atoms. The van der Waals surface area contributed by atoms with E-state index in [2.05, 4.69) is 0 Å². The number of fused-ring (bicyclic) bond motifs is 1. The van der Waals surface area contributed by atoms with Crippen molar-refractivity contribution in [2.45, 2.75) is 31.9 Å². The highest BCUT2D eigenvalue weighted by atomic mass is 16.5. The molecule has 4 heteroatoms. The number of methoxy groups -OCH3 is 1. The van der Waals surface area contributed by atoms with Crippen molar-refractivity contribution in [2.24, 2.45) is 0 Å². The molecule has 0 spiro atoms. The third-order valence-electron chi connectivity index (χ3n) is 4.11. The maximum absolute atomic E-state index is 12.1. The average molecular weight is 285 g/mol. The monoisotopic (exact) mass is 285 g/mol. The molecule has 21 heavy (non-hydrogen) atoms. The molecule has 0 amide bonds. The Labute approximate surface area is 123 Å². The highest BCUT2D eigenvalue weighted by Crippen LogP contribution is 2.23. The van der Waals surface area contributed by atoms with E-state index in [0.29, 0.717) is 6.54 Å². The fraction of sp³-hybridized carbons (Fsp3) is 0.353. The zero-order valence-electron chi connectivity index (χ0n) is 12.1. The average Bonchev–Trinajstić information content (AvgIpc) is 2.99. The van der Waals surface area contributed by atoms with E-state index in [0.717, 1.165) is 36.3 Å².